The number of sulfonamides is 1. The molecule has 4 rings (SSSR count). The number of hydrogen-bond donors (Lipinski definition) is 2. The number of anilines is 1. The van der Waals surface area contributed by atoms with Crippen LogP contribution in [0.1, 0.15) is 10.5 Å². The highest BCUT2D eigenvalue weighted by Crippen LogP contribution is 2.24. The first-order valence-electron chi connectivity index (χ1n) is 9.53. The van der Waals surface area contributed by atoms with Gasteiger partial charge in [0.25, 0.3) is 5.91 Å². The average molecular weight is 445 g/mol. The number of nitrogens with zero attached hydrogens (tertiary/aromatic N) is 1. The summed E-state index contributed by atoms with van der Waals surface area (Å²) in [6.45, 7) is 1.24. The van der Waals surface area contributed by atoms with E-state index in [1.165, 1.54) is 28.7 Å². The van der Waals surface area contributed by atoms with Crippen LogP contribution in [0.3, 0.4) is 0 Å². The zero-order chi connectivity index (χ0) is 21.8. The maximum atomic E-state index is 13.2. The Morgan fingerprint density at radius 2 is 1.81 bits per heavy atom. The summed E-state index contributed by atoms with van der Waals surface area (Å²) in [6, 6.07) is 13.6. The predicted octanol–water partition coefficient (Wildman–Crippen LogP) is 3.22. The van der Waals surface area contributed by atoms with Gasteiger partial charge in [-0.2, -0.15) is 4.31 Å². The third-order valence-electron chi connectivity index (χ3n) is 4.65. The van der Waals surface area contributed by atoms with E-state index < -0.39 is 21.7 Å². The lowest BCUT2D eigenvalue weighted by Gasteiger charge is -2.25. The molecular weight excluding hydrogens is 425 g/mol. The van der Waals surface area contributed by atoms with Crippen LogP contribution in [0.4, 0.5) is 10.1 Å². The zero-order valence-corrected chi connectivity index (χ0v) is 17.2. The number of aromatic nitrogens is 1. The maximum Gasteiger partial charge on any atom is 0.272 e. The lowest BCUT2D eigenvalue weighted by molar-refractivity contribution is 0.0730. The van der Waals surface area contributed by atoms with E-state index in [2.05, 4.69) is 10.3 Å². The molecule has 1 aliphatic heterocycles. The minimum Gasteiger partial charge on any atom is -0.457 e. The van der Waals surface area contributed by atoms with Gasteiger partial charge in [-0.25, -0.2) is 12.8 Å². The van der Waals surface area contributed by atoms with E-state index in [1.807, 2.05) is 0 Å². The standard InChI is InChI=1S/C21H20FN3O5S/c22-15-2-1-3-18(12-15)30-17-6-4-16(5-7-17)24-21(26)20-13-19(14-23-20)31(27,28)25-8-10-29-11-9-25/h1-7,12-14,23H,8-11H2,(H,24,26). The number of hydrogen-bond acceptors (Lipinski definition) is 5. The van der Waals surface area contributed by atoms with Gasteiger partial charge in [-0.1, -0.05) is 6.07 Å². The van der Waals surface area contributed by atoms with Crippen molar-refractivity contribution < 1.29 is 27.1 Å². The summed E-state index contributed by atoms with van der Waals surface area (Å²) in [5, 5.41) is 2.69. The molecular formula is C21H20FN3O5S. The Balaban J connectivity index is 1.40. The summed E-state index contributed by atoms with van der Waals surface area (Å²) >= 11 is 0. The number of aromatic amines is 1. The first kappa shape index (κ1) is 21.0. The van der Waals surface area contributed by atoms with E-state index in [-0.39, 0.29) is 23.7 Å². The lowest BCUT2D eigenvalue weighted by atomic mass is 10.3. The number of morpholine rings is 1. The molecule has 162 valence electrons. The van der Waals surface area contributed by atoms with Crippen LogP contribution in [-0.2, 0) is 14.8 Å². The van der Waals surface area contributed by atoms with Crippen molar-refractivity contribution in [3.05, 3.63) is 72.3 Å². The highest BCUT2D eigenvalue weighted by atomic mass is 32.2. The Labute approximate surface area is 178 Å². The van der Waals surface area contributed by atoms with Gasteiger partial charge in [0.2, 0.25) is 10.0 Å². The fourth-order valence-corrected chi connectivity index (χ4v) is 4.46. The summed E-state index contributed by atoms with van der Waals surface area (Å²) in [5.41, 5.74) is 0.607. The molecule has 31 heavy (non-hydrogen) atoms. The quantitative estimate of drug-likeness (QED) is 0.607. The molecule has 2 heterocycles. The number of rotatable bonds is 6. The number of ether oxygens (including phenoxy) is 2. The van der Waals surface area contributed by atoms with Gasteiger partial charge >= 0.3 is 0 Å². The largest absolute Gasteiger partial charge is 0.457 e. The second-order valence-corrected chi connectivity index (χ2v) is 8.74. The zero-order valence-electron chi connectivity index (χ0n) is 16.4. The van der Waals surface area contributed by atoms with Crippen molar-refractivity contribution in [1.29, 1.82) is 0 Å². The van der Waals surface area contributed by atoms with Gasteiger partial charge in [-0.3, -0.25) is 4.79 Å². The number of carbonyl (C=O) groups excluding carboxylic acids is 1. The van der Waals surface area contributed by atoms with Crippen LogP contribution in [0, 0.1) is 5.82 Å². The molecule has 0 unspecified atom stereocenters. The number of H-pyrrole nitrogens is 1. The minimum absolute atomic E-state index is 0.0263. The van der Waals surface area contributed by atoms with Gasteiger partial charge in [-0.15, -0.1) is 0 Å². The number of halogens is 1. The number of nitrogens with one attached hydrogen (secondary N) is 2. The van der Waals surface area contributed by atoms with Crippen molar-refractivity contribution in [3.8, 4) is 11.5 Å². The van der Waals surface area contributed by atoms with Crippen LogP contribution in [-0.4, -0.2) is 49.9 Å². The van der Waals surface area contributed by atoms with Gasteiger partial charge < -0.3 is 19.8 Å². The molecule has 0 aliphatic carbocycles. The fraction of sp³-hybridized carbons (Fsp3) is 0.190. The van der Waals surface area contributed by atoms with Crippen molar-refractivity contribution in [2.75, 3.05) is 31.6 Å². The summed E-state index contributed by atoms with van der Waals surface area (Å²) in [5.74, 6) is -0.0518. The summed E-state index contributed by atoms with van der Waals surface area (Å²) in [4.78, 5) is 15.2. The molecule has 10 heteroatoms. The summed E-state index contributed by atoms with van der Waals surface area (Å²) in [6.07, 6.45) is 1.30. The summed E-state index contributed by atoms with van der Waals surface area (Å²) < 4.78 is 50.7. The normalized spacial score (nSPS) is 14.9. The molecule has 1 aliphatic rings. The van der Waals surface area contributed by atoms with E-state index in [0.717, 1.165) is 0 Å². The first-order chi connectivity index (χ1) is 14.9. The van der Waals surface area contributed by atoms with Crippen molar-refractivity contribution in [3.63, 3.8) is 0 Å². The molecule has 0 saturated carbocycles. The van der Waals surface area contributed by atoms with Gasteiger partial charge in [-0.05, 0) is 42.5 Å². The molecule has 3 aromatic rings. The second-order valence-electron chi connectivity index (χ2n) is 6.80. The van der Waals surface area contributed by atoms with Crippen LogP contribution >= 0.6 is 0 Å². The summed E-state index contributed by atoms with van der Waals surface area (Å²) in [7, 11) is -3.69. The minimum atomic E-state index is -3.69. The Bertz CT molecular complexity index is 1170. The SMILES string of the molecule is O=C(Nc1ccc(Oc2cccc(F)c2)cc1)c1cc(S(=O)(=O)N2CCOCC2)c[nH]1. The van der Waals surface area contributed by atoms with E-state index in [1.54, 1.807) is 36.4 Å². The van der Waals surface area contributed by atoms with Crippen molar-refractivity contribution >= 4 is 21.6 Å². The smallest absolute Gasteiger partial charge is 0.272 e. The molecule has 1 amide bonds. The van der Waals surface area contributed by atoms with Gasteiger partial charge in [0.05, 0.1) is 13.2 Å². The monoisotopic (exact) mass is 445 g/mol. The number of carbonyl (C=O) groups is 1. The van der Waals surface area contributed by atoms with Gasteiger partial charge in [0.1, 0.15) is 27.9 Å². The topological polar surface area (TPSA) is 101 Å². The van der Waals surface area contributed by atoms with E-state index in [9.17, 15) is 17.6 Å². The molecule has 1 fully saturated rings. The highest BCUT2D eigenvalue weighted by Gasteiger charge is 2.28. The van der Waals surface area contributed by atoms with Crippen molar-refractivity contribution in [2.24, 2.45) is 0 Å². The Morgan fingerprint density at radius 1 is 1.06 bits per heavy atom. The van der Waals surface area contributed by atoms with Crippen LogP contribution in [0.25, 0.3) is 0 Å². The van der Waals surface area contributed by atoms with Crippen LogP contribution in [0.15, 0.2) is 65.7 Å². The molecule has 1 aromatic heterocycles. The average Bonchev–Trinajstić information content (AvgIpc) is 3.27. The molecule has 0 radical (unpaired) electrons. The number of benzene rings is 2. The Kier molecular flexibility index (Phi) is 6.03. The predicted molar refractivity (Wildman–Crippen MR) is 111 cm³/mol. The third kappa shape index (κ3) is 4.93. The lowest BCUT2D eigenvalue weighted by Crippen LogP contribution is -2.40. The molecule has 1 saturated heterocycles. The van der Waals surface area contributed by atoms with E-state index >= 15 is 0 Å². The van der Waals surface area contributed by atoms with Crippen molar-refractivity contribution in [2.45, 2.75) is 4.90 Å². The second kappa shape index (κ2) is 8.88. The Hall–Kier alpha value is -3.21. The Morgan fingerprint density at radius 3 is 2.52 bits per heavy atom. The van der Waals surface area contributed by atoms with Gasteiger partial charge in [0, 0.05) is 31.0 Å². The molecule has 0 atom stereocenters. The van der Waals surface area contributed by atoms with Crippen LogP contribution in [0.5, 0.6) is 11.5 Å². The molecule has 0 spiro atoms. The van der Waals surface area contributed by atoms with Crippen LogP contribution in [0.2, 0.25) is 0 Å². The first-order valence-corrected chi connectivity index (χ1v) is 11.0. The fourth-order valence-electron chi connectivity index (χ4n) is 3.06. The van der Waals surface area contributed by atoms with Crippen LogP contribution < -0.4 is 10.1 Å². The number of amides is 1. The third-order valence-corrected chi connectivity index (χ3v) is 6.53. The maximum absolute atomic E-state index is 13.2. The molecule has 2 N–H and O–H groups in total. The highest BCUT2D eigenvalue weighted by molar-refractivity contribution is 7.89. The van der Waals surface area contributed by atoms with E-state index in [4.69, 9.17) is 9.47 Å². The van der Waals surface area contributed by atoms with Gasteiger partial charge in [0.15, 0.2) is 0 Å². The van der Waals surface area contributed by atoms with Crippen molar-refractivity contribution in [1.82, 2.24) is 9.29 Å². The molecule has 2 aromatic carbocycles. The van der Waals surface area contributed by atoms with E-state index in [0.29, 0.717) is 30.4 Å². The molecule has 0 bridgehead atoms. The molecule has 8 nitrogen and oxygen atoms in total.